The zero-order chi connectivity index (χ0) is 14.0. The van der Waals surface area contributed by atoms with Gasteiger partial charge in [-0.3, -0.25) is 0 Å². The molecule has 0 bridgehead atoms. The number of nitrogens with zero attached hydrogens (tertiary/aromatic N) is 1. The summed E-state index contributed by atoms with van der Waals surface area (Å²) in [4.78, 5) is 0. The summed E-state index contributed by atoms with van der Waals surface area (Å²) in [6, 6.07) is 9.19. The van der Waals surface area contributed by atoms with Crippen molar-refractivity contribution in [2.45, 2.75) is 0 Å². The zero-order valence-corrected chi connectivity index (χ0v) is 11.1. The molecule has 2 aromatic carbocycles. The fourth-order valence-corrected chi connectivity index (χ4v) is 1.90. The molecular formula is C13H8Cl2FN3. The monoisotopic (exact) mass is 295 g/mol. The first kappa shape index (κ1) is 13.5. The fraction of sp³-hybridized carbons (Fsp3) is 0. The lowest BCUT2D eigenvalue weighted by molar-refractivity contribution is 0.629. The summed E-state index contributed by atoms with van der Waals surface area (Å²) < 4.78 is 13.4. The van der Waals surface area contributed by atoms with E-state index in [2.05, 4.69) is 5.32 Å². The minimum atomic E-state index is -0.580. The van der Waals surface area contributed by atoms with Gasteiger partial charge in [-0.15, -0.1) is 0 Å². The smallest absolute Gasteiger partial charge is 0.144 e. The zero-order valence-electron chi connectivity index (χ0n) is 9.55. The molecule has 0 spiro atoms. The average molecular weight is 296 g/mol. The summed E-state index contributed by atoms with van der Waals surface area (Å²) in [7, 11) is 0. The van der Waals surface area contributed by atoms with E-state index in [9.17, 15) is 4.39 Å². The molecule has 0 aromatic heterocycles. The molecular weight excluding hydrogens is 288 g/mol. The number of benzene rings is 2. The van der Waals surface area contributed by atoms with E-state index in [1.54, 1.807) is 12.1 Å². The van der Waals surface area contributed by atoms with Crippen molar-refractivity contribution in [1.82, 2.24) is 0 Å². The topological polar surface area (TPSA) is 61.8 Å². The maximum absolute atomic E-state index is 13.4. The van der Waals surface area contributed by atoms with E-state index >= 15 is 0 Å². The molecule has 3 N–H and O–H groups in total. The number of nitrogens with two attached hydrogens (primary N) is 1. The third-order valence-electron chi connectivity index (χ3n) is 2.46. The van der Waals surface area contributed by atoms with Gasteiger partial charge in [-0.05, 0) is 24.3 Å². The third kappa shape index (κ3) is 2.90. The van der Waals surface area contributed by atoms with Crippen molar-refractivity contribution in [2.75, 3.05) is 11.1 Å². The molecule has 0 unspecified atom stereocenters. The van der Waals surface area contributed by atoms with Crippen LogP contribution in [-0.4, -0.2) is 0 Å². The molecule has 3 nitrogen and oxygen atoms in total. The highest BCUT2D eigenvalue weighted by Crippen LogP contribution is 2.31. The molecule has 2 aromatic rings. The SMILES string of the molecule is N#Cc1ccc(Nc2cc(F)c(Cl)cc2N)c(Cl)c1. The number of nitriles is 1. The van der Waals surface area contributed by atoms with Crippen LogP contribution in [0.15, 0.2) is 30.3 Å². The second-order valence-corrected chi connectivity index (χ2v) is 4.60. The fourth-order valence-electron chi connectivity index (χ4n) is 1.50. The Morgan fingerprint density at radius 2 is 1.84 bits per heavy atom. The lowest BCUT2D eigenvalue weighted by Crippen LogP contribution is -1.98. The predicted molar refractivity (Wildman–Crippen MR) is 75.3 cm³/mol. The van der Waals surface area contributed by atoms with Crippen LogP contribution in [0.2, 0.25) is 10.0 Å². The van der Waals surface area contributed by atoms with E-state index in [0.29, 0.717) is 27.6 Å². The van der Waals surface area contributed by atoms with Gasteiger partial charge in [0.05, 0.1) is 38.7 Å². The molecule has 0 aliphatic carbocycles. The summed E-state index contributed by atoms with van der Waals surface area (Å²) in [6.45, 7) is 0. The molecule has 0 heterocycles. The van der Waals surface area contributed by atoms with Crippen molar-refractivity contribution in [3.63, 3.8) is 0 Å². The first-order valence-corrected chi connectivity index (χ1v) is 5.98. The molecule has 2 rings (SSSR count). The van der Waals surface area contributed by atoms with Crippen LogP contribution in [0.25, 0.3) is 0 Å². The summed E-state index contributed by atoms with van der Waals surface area (Å²) >= 11 is 11.6. The van der Waals surface area contributed by atoms with Crippen LogP contribution in [0.5, 0.6) is 0 Å². The van der Waals surface area contributed by atoms with E-state index in [1.165, 1.54) is 18.2 Å². The number of hydrogen-bond acceptors (Lipinski definition) is 3. The average Bonchev–Trinajstić information content (AvgIpc) is 2.38. The summed E-state index contributed by atoms with van der Waals surface area (Å²) in [5.41, 5.74) is 7.35. The molecule has 6 heteroatoms. The van der Waals surface area contributed by atoms with Crippen molar-refractivity contribution < 1.29 is 4.39 Å². The molecule has 0 aliphatic rings. The Labute approximate surface area is 119 Å². The highest BCUT2D eigenvalue weighted by atomic mass is 35.5. The molecule has 0 saturated heterocycles. The Morgan fingerprint density at radius 1 is 1.11 bits per heavy atom. The van der Waals surface area contributed by atoms with Crippen LogP contribution < -0.4 is 11.1 Å². The first-order chi connectivity index (χ1) is 9.01. The predicted octanol–water partition coefficient (Wildman–Crippen LogP) is 4.33. The van der Waals surface area contributed by atoms with Gasteiger partial charge in [0.1, 0.15) is 5.82 Å². The van der Waals surface area contributed by atoms with Gasteiger partial charge in [0, 0.05) is 6.07 Å². The van der Waals surface area contributed by atoms with Crippen molar-refractivity contribution in [3.05, 3.63) is 51.8 Å². The van der Waals surface area contributed by atoms with Gasteiger partial charge in [0.2, 0.25) is 0 Å². The highest BCUT2D eigenvalue weighted by molar-refractivity contribution is 6.33. The minimum absolute atomic E-state index is 0.0472. The van der Waals surface area contributed by atoms with Crippen LogP contribution in [0, 0.1) is 17.1 Å². The molecule has 0 radical (unpaired) electrons. The Balaban J connectivity index is 2.37. The first-order valence-electron chi connectivity index (χ1n) is 5.22. The van der Waals surface area contributed by atoms with Gasteiger partial charge in [-0.2, -0.15) is 5.26 Å². The number of anilines is 3. The summed E-state index contributed by atoms with van der Waals surface area (Å²) in [5.74, 6) is -0.580. The molecule has 0 saturated carbocycles. The Morgan fingerprint density at radius 3 is 2.47 bits per heavy atom. The molecule has 0 fully saturated rings. The second-order valence-electron chi connectivity index (χ2n) is 3.78. The van der Waals surface area contributed by atoms with E-state index in [-0.39, 0.29) is 5.02 Å². The van der Waals surface area contributed by atoms with Crippen LogP contribution in [0.3, 0.4) is 0 Å². The standard InChI is InChI=1S/C13H8Cl2FN3/c14-8-4-11(18)13(5-10(8)16)19-12-2-1-7(6-17)3-9(12)15/h1-5,19H,18H2. The van der Waals surface area contributed by atoms with Gasteiger partial charge in [0.15, 0.2) is 0 Å². The lowest BCUT2D eigenvalue weighted by Gasteiger charge is -2.11. The summed E-state index contributed by atoms with van der Waals surface area (Å²) in [6.07, 6.45) is 0. The van der Waals surface area contributed by atoms with Crippen LogP contribution in [0.1, 0.15) is 5.56 Å². The highest BCUT2D eigenvalue weighted by Gasteiger charge is 2.08. The van der Waals surface area contributed by atoms with E-state index < -0.39 is 5.82 Å². The van der Waals surface area contributed by atoms with Crippen molar-refractivity contribution in [2.24, 2.45) is 0 Å². The quantitative estimate of drug-likeness (QED) is 0.811. The third-order valence-corrected chi connectivity index (χ3v) is 3.06. The number of halogens is 3. The van der Waals surface area contributed by atoms with Crippen LogP contribution in [0.4, 0.5) is 21.5 Å². The van der Waals surface area contributed by atoms with Gasteiger partial charge in [-0.1, -0.05) is 23.2 Å². The molecule has 19 heavy (non-hydrogen) atoms. The number of nitrogens with one attached hydrogen (secondary N) is 1. The lowest BCUT2D eigenvalue weighted by atomic mass is 10.2. The van der Waals surface area contributed by atoms with Crippen LogP contribution >= 0.6 is 23.2 Å². The molecule has 96 valence electrons. The van der Waals surface area contributed by atoms with E-state index in [0.717, 1.165) is 0 Å². The van der Waals surface area contributed by atoms with Crippen molar-refractivity contribution in [1.29, 1.82) is 5.26 Å². The molecule has 0 aliphatic heterocycles. The maximum atomic E-state index is 13.4. The van der Waals surface area contributed by atoms with Gasteiger partial charge < -0.3 is 11.1 Å². The van der Waals surface area contributed by atoms with Crippen molar-refractivity contribution >= 4 is 40.3 Å². The maximum Gasteiger partial charge on any atom is 0.144 e. The van der Waals surface area contributed by atoms with Gasteiger partial charge >= 0.3 is 0 Å². The normalized spacial score (nSPS) is 10.0. The number of hydrogen-bond donors (Lipinski definition) is 2. The second kappa shape index (κ2) is 5.35. The van der Waals surface area contributed by atoms with Crippen LogP contribution in [-0.2, 0) is 0 Å². The Hall–Kier alpha value is -1.96. The van der Waals surface area contributed by atoms with E-state index in [1.807, 2.05) is 6.07 Å². The number of nitrogen functional groups attached to an aromatic ring is 1. The van der Waals surface area contributed by atoms with Crippen molar-refractivity contribution in [3.8, 4) is 6.07 Å². The molecule has 0 amide bonds. The largest absolute Gasteiger partial charge is 0.397 e. The minimum Gasteiger partial charge on any atom is -0.397 e. The Kier molecular flexibility index (Phi) is 3.79. The van der Waals surface area contributed by atoms with E-state index in [4.69, 9.17) is 34.2 Å². The number of rotatable bonds is 2. The Bertz CT molecular complexity index is 680. The summed E-state index contributed by atoms with van der Waals surface area (Å²) in [5, 5.41) is 11.9. The molecule has 0 atom stereocenters. The van der Waals surface area contributed by atoms with Gasteiger partial charge in [0.25, 0.3) is 0 Å². The van der Waals surface area contributed by atoms with Gasteiger partial charge in [-0.25, -0.2) is 4.39 Å².